The molecule has 0 radical (unpaired) electrons. The molecule has 0 unspecified atom stereocenters. The Morgan fingerprint density at radius 2 is 0.926 bits per heavy atom. The Balaban J connectivity index is 2.19. The largest absolute Gasteiger partial charge is 0.507 e. The van der Waals surface area contributed by atoms with Crippen molar-refractivity contribution in [3.63, 3.8) is 0 Å². The van der Waals surface area contributed by atoms with Crippen LogP contribution >= 0.6 is 0 Å². The van der Waals surface area contributed by atoms with Crippen LogP contribution in [0.4, 0.5) is 0 Å². The predicted molar refractivity (Wildman–Crippen MR) is 222 cm³/mol. The van der Waals surface area contributed by atoms with E-state index in [2.05, 4.69) is 27.7 Å². The summed E-state index contributed by atoms with van der Waals surface area (Å²) in [6.45, 7) is 11.1. The first kappa shape index (κ1) is 46.9. The third-order valence-corrected chi connectivity index (χ3v) is 10.3. The third kappa shape index (κ3) is 19.4. The fourth-order valence-corrected chi connectivity index (χ4v) is 6.93. The van der Waals surface area contributed by atoms with Gasteiger partial charge in [-0.1, -0.05) is 156 Å². The lowest BCUT2D eigenvalue weighted by atomic mass is 10.1. The Labute approximate surface area is 327 Å². The lowest BCUT2D eigenvalue weighted by molar-refractivity contribution is -0.134. The highest BCUT2D eigenvalue weighted by Crippen LogP contribution is 2.38. The van der Waals surface area contributed by atoms with Gasteiger partial charge in [0.1, 0.15) is 5.75 Å². The van der Waals surface area contributed by atoms with E-state index in [1.165, 1.54) is 89.9 Å². The molecule has 2 aromatic rings. The second kappa shape index (κ2) is 30.0. The van der Waals surface area contributed by atoms with Crippen LogP contribution in [-0.4, -0.2) is 66.1 Å². The molecule has 1 N–H and O–H groups in total. The van der Waals surface area contributed by atoms with Crippen molar-refractivity contribution in [1.29, 1.82) is 0 Å². The van der Waals surface area contributed by atoms with Crippen LogP contribution in [0.3, 0.4) is 0 Å². The molecule has 308 valence electrons. The van der Waals surface area contributed by atoms with E-state index in [4.69, 9.17) is 13.9 Å². The standard InChI is InChI=1S/C45H76N2O7/c1-5-9-13-17-21-25-31-46(32-26-22-18-14-10-6-2)41(49)36-52-40-30-29-38-39(48)35-43(51)54-44(38)45(40)53-37-42(50)47(33-27-23-19-15-11-7-3)34-28-24-20-16-12-8-4/h29-30,35,48H,5-28,31-34,36-37H2,1-4H3. The molecule has 9 heteroatoms. The van der Waals surface area contributed by atoms with E-state index in [9.17, 15) is 19.5 Å². The van der Waals surface area contributed by atoms with Crippen molar-refractivity contribution in [2.24, 2.45) is 0 Å². The second-order valence-electron chi connectivity index (χ2n) is 15.1. The van der Waals surface area contributed by atoms with Gasteiger partial charge < -0.3 is 28.8 Å². The van der Waals surface area contributed by atoms with Gasteiger partial charge in [-0.05, 0) is 37.8 Å². The maximum absolute atomic E-state index is 13.7. The SMILES string of the molecule is CCCCCCCCN(CCCCCCCC)C(=O)COc1ccc2c(O)cc(=O)oc2c1OCC(=O)N(CCCCCCCC)CCCCCCCC. The maximum Gasteiger partial charge on any atom is 0.340 e. The van der Waals surface area contributed by atoms with Crippen molar-refractivity contribution < 1.29 is 28.6 Å². The van der Waals surface area contributed by atoms with E-state index in [0.29, 0.717) is 26.2 Å². The Morgan fingerprint density at radius 1 is 0.556 bits per heavy atom. The number of benzene rings is 1. The van der Waals surface area contributed by atoms with E-state index < -0.39 is 5.63 Å². The van der Waals surface area contributed by atoms with Gasteiger partial charge in [-0.3, -0.25) is 9.59 Å². The number of fused-ring (bicyclic) bond motifs is 1. The molecule has 0 saturated heterocycles. The van der Waals surface area contributed by atoms with Crippen molar-refractivity contribution in [1.82, 2.24) is 9.80 Å². The molecule has 0 saturated carbocycles. The van der Waals surface area contributed by atoms with Gasteiger partial charge in [0, 0.05) is 26.2 Å². The van der Waals surface area contributed by atoms with Crippen LogP contribution in [0.5, 0.6) is 17.2 Å². The fourth-order valence-electron chi connectivity index (χ4n) is 6.93. The van der Waals surface area contributed by atoms with Crippen LogP contribution in [0.25, 0.3) is 11.0 Å². The minimum atomic E-state index is -0.749. The van der Waals surface area contributed by atoms with E-state index >= 15 is 0 Å². The first-order valence-electron chi connectivity index (χ1n) is 22.0. The molecule has 9 nitrogen and oxygen atoms in total. The van der Waals surface area contributed by atoms with Gasteiger partial charge in [-0.15, -0.1) is 0 Å². The number of ether oxygens (including phenoxy) is 2. The number of nitrogens with zero attached hydrogens (tertiary/aromatic N) is 2. The summed E-state index contributed by atoms with van der Waals surface area (Å²) in [4.78, 5) is 43.6. The Hall–Kier alpha value is -3.23. The zero-order valence-corrected chi connectivity index (χ0v) is 34.7. The summed E-state index contributed by atoms with van der Waals surface area (Å²) in [7, 11) is 0. The number of hydrogen-bond donors (Lipinski definition) is 1. The number of carbonyl (C=O) groups is 2. The number of unbranched alkanes of at least 4 members (excludes halogenated alkanes) is 20. The summed E-state index contributed by atoms with van der Waals surface area (Å²) in [6, 6.07) is 4.19. The third-order valence-electron chi connectivity index (χ3n) is 10.3. The van der Waals surface area contributed by atoms with E-state index in [0.717, 1.165) is 70.3 Å². The molecule has 0 aliphatic carbocycles. The van der Waals surface area contributed by atoms with E-state index in [1.807, 2.05) is 9.80 Å². The first-order valence-corrected chi connectivity index (χ1v) is 22.0. The highest BCUT2D eigenvalue weighted by Gasteiger charge is 2.22. The van der Waals surface area contributed by atoms with Crippen molar-refractivity contribution in [3.8, 4) is 17.2 Å². The molecule has 2 amide bonds. The number of hydrogen-bond acceptors (Lipinski definition) is 7. The van der Waals surface area contributed by atoms with Crippen molar-refractivity contribution in [2.45, 2.75) is 182 Å². The monoisotopic (exact) mass is 757 g/mol. The topological polar surface area (TPSA) is 110 Å². The lowest BCUT2D eigenvalue weighted by Crippen LogP contribution is -2.37. The summed E-state index contributed by atoms with van der Waals surface area (Å²) in [5, 5.41) is 10.8. The molecule has 2 rings (SSSR count). The Bertz CT molecular complexity index is 1310. The van der Waals surface area contributed by atoms with E-state index in [-0.39, 0.29) is 53.2 Å². The summed E-state index contributed by atoms with van der Waals surface area (Å²) in [5.74, 6) is -0.283. The van der Waals surface area contributed by atoms with Crippen molar-refractivity contribution in [2.75, 3.05) is 39.4 Å². The molecule has 0 bridgehead atoms. The average molecular weight is 757 g/mol. The van der Waals surface area contributed by atoms with Crippen molar-refractivity contribution >= 4 is 22.8 Å². The normalized spacial score (nSPS) is 11.3. The van der Waals surface area contributed by atoms with Gasteiger partial charge in [0.15, 0.2) is 24.5 Å². The van der Waals surface area contributed by atoms with E-state index in [1.54, 1.807) is 12.1 Å². The predicted octanol–water partition coefficient (Wildman–Crippen LogP) is 11.4. The van der Waals surface area contributed by atoms with Crippen molar-refractivity contribution in [3.05, 3.63) is 28.6 Å². The fraction of sp³-hybridized carbons (Fsp3) is 0.756. The molecule has 0 aliphatic rings. The Kier molecular flexibility index (Phi) is 26.1. The minimum Gasteiger partial charge on any atom is -0.507 e. The van der Waals surface area contributed by atoms with Gasteiger partial charge >= 0.3 is 5.63 Å². The molecule has 1 aromatic heterocycles. The van der Waals surface area contributed by atoms with Crippen LogP contribution in [0, 0.1) is 0 Å². The smallest absolute Gasteiger partial charge is 0.340 e. The molecule has 0 fully saturated rings. The maximum atomic E-state index is 13.7. The number of aromatic hydroxyl groups is 1. The van der Waals surface area contributed by atoms with Gasteiger partial charge in [0.05, 0.1) is 11.5 Å². The number of rotatable bonds is 34. The lowest BCUT2D eigenvalue weighted by Gasteiger charge is -2.24. The van der Waals surface area contributed by atoms with Gasteiger partial charge in [0.25, 0.3) is 11.8 Å². The zero-order valence-electron chi connectivity index (χ0n) is 34.7. The molecule has 1 heterocycles. The molecule has 54 heavy (non-hydrogen) atoms. The molecule has 0 atom stereocenters. The second-order valence-corrected chi connectivity index (χ2v) is 15.1. The van der Waals surface area contributed by atoms with Gasteiger partial charge in [-0.25, -0.2) is 4.79 Å². The van der Waals surface area contributed by atoms with Crippen LogP contribution in [-0.2, 0) is 9.59 Å². The molecule has 1 aromatic carbocycles. The zero-order chi connectivity index (χ0) is 39.2. The van der Waals surface area contributed by atoms with Crippen LogP contribution < -0.4 is 15.1 Å². The van der Waals surface area contributed by atoms with Gasteiger partial charge in [0.2, 0.25) is 5.75 Å². The van der Waals surface area contributed by atoms with Crippen LogP contribution in [0.1, 0.15) is 182 Å². The average Bonchev–Trinajstić information content (AvgIpc) is 3.16. The first-order chi connectivity index (χ1) is 26.4. The summed E-state index contributed by atoms with van der Waals surface area (Å²) in [5.41, 5.74) is -0.756. The van der Waals surface area contributed by atoms with Gasteiger partial charge in [-0.2, -0.15) is 0 Å². The Morgan fingerprint density at radius 3 is 1.33 bits per heavy atom. The van der Waals surface area contributed by atoms with Crippen LogP contribution in [0.2, 0.25) is 0 Å². The molecule has 0 aliphatic heterocycles. The molecular weight excluding hydrogens is 681 g/mol. The summed E-state index contributed by atoms with van der Waals surface area (Å²) >= 11 is 0. The highest BCUT2D eigenvalue weighted by molar-refractivity contribution is 5.90. The highest BCUT2D eigenvalue weighted by atomic mass is 16.5. The summed E-state index contributed by atoms with van der Waals surface area (Å²) < 4.78 is 17.8. The minimum absolute atomic E-state index is 0.00726. The molecular formula is C45H76N2O7. The molecule has 0 spiro atoms. The van der Waals surface area contributed by atoms with Crippen LogP contribution in [0.15, 0.2) is 27.4 Å². The summed E-state index contributed by atoms with van der Waals surface area (Å²) in [6.07, 6.45) is 27.4. The quantitative estimate of drug-likeness (QED) is 0.0559. The number of carbonyl (C=O) groups excluding carboxylic acids is 2. The number of amides is 2.